The Balaban J connectivity index is 1.89. The average Bonchev–Trinajstić information content (AvgIpc) is 3.20. The minimum Gasteiger partial charge on any atom is -0.443 e. The maximum atomic E-state index is 12.8. The minimum atomic E-state index is -0.492. The third kappa shape index (κ3) is 2.00. The molecule has 0 aromatic carbocycles. The molecule has 0 spiro atoms. The monoisotopic (exact) mass is 396 g/mol. The van der Waals surface area contributed by atoms with Crippen LogP contribution in [0.15, 0.2) is 28.0 Å². The molecular formula is C19H16N4O6. The summed E-state index contributed by atoms with van der Waals surface area (Å²) in [5.74, 6) is 0.853. The van der Waals surface area contributed by atoms with Gasteiger partial charge in [-0.1, -0.05) is 0 Å². The number of fused-ring (bicyclic) bond motifs is 6. The largest absolute Gasteiger partial charge is 0.443 e. The lowest BCUT2D eigenvalue weighted by molar-refractivity contribution is 0.522. The predicted octanol–water partition coefficient (Wildman–Crippen LogP) is 0.0484. The van der Waals surface area contributed by atoms with Crippen molar-refractivity contribution in [1.82, 2.24) is 18.3 Å². The SMILES string of the molecule is Cn1c(=O)c2c3c(oc2n(C)c1=O)Cc1c(oc2c1c(=O)n(C)c(=O)n2C)C=C3. The standard InChI is InChI=1S/C19H16N4O6/c1-20-14(24)12-8-5-6-10-9(7-11(8)29-16(12)22(3)18(20)26)13-15(25)21(2)19(27)23(4)17(13)28-10/h5-6H,7H2,1-4H3. The van der Waals surface area contributed by atoms with Gasteiger partial charge in [-0.05, 0) is 12.2 Å². The van der Waals surface area contributed by atoms with Gasteiger partial charge in [0.1, 0.15) is 22.3 Å². The van der Waals surface area contributed by atoms with Gasteiger partial charge in [-0.25, -0.2) is 9.59 Å². The van der Waals surface area contributed by atoms with Crippen molar-refractivity contribution in [3.8, 4) is 0 Å². The average molecular weight is 396 g/mol. The summed E-state index contributed by atoms with van der Waals surface area (Å²) in [7, 11) is 5.87. The molecule has 4 aromatic heterocycles. The molecule has 10 heteroatoms. The number of hydrogen-bond donors (Lipinski definition) is 0. The smallest absolute Gasteiger partial charge is 0.333 e. The van der Waals surface area contributed by atoms with Crippen molar-refractivity contribution in [3.63, 3.8) is 0 Å². The summed E-state index contributed by atoms with van der Waals surface area (Å²) in [5.41, 5.74) is -0.458. The van der Waals surface area contributed by atoms with Crippen molar-refractivity contribution >= 4 is 34.4 Å². The van der Waals surface area contributed by atoms with E-state index in [0.717, 1.165) is 9.13 Å². The van der Waals surface area contributed by atoms with E-state index >= 15 is 0 Å². The summed E-state index contributed by atoms with van der Waals surface area (Å²) in [6.45, 7) is 0. The lowest BCUT2D eigenvalue weighted by Gasteiger charge is -2.03. The molecule has 0 bridgehead atoms. The summed E-state index contributed by atoms with van der Waals surface area (Å²) in [4.78, 5) is 49.9. The van der Waals surface area contributed by atoms with Gasteiger partial charge in [0, 0.05) is 45.7 Å². The number of aromatic nitrogens is 4. The number of rotatable bonds is 0. The zero-order valence-corrected chi connectivity index (χ0v) is 16.1. The minimum absolute atomic E-state index is 0.171. The first-order valence-electron chi connectivity index (χ1n) is 8.83. The highest BCUT2D eigenvalue weighted by Crippen LogP contribution is 2.34. The summed E-state index contributed by atoms with van der Waals surface area (Å²) < 4.78 is 16.3. The Hall–Kier alpha value is -3.82. The van der Waals surface area contributed by atoms with Crippen LogP contribution in [0.2, 0.25) is 0 Å². The molecule has 0 N–H and O–H groups in total. The second-order valence-electron chi connectivity index (χ2n) is 7.17. The van der Waals surface area contributed by atoms with Gasteiger partial charge in [0.2, 0.25) is 11.4 Å². The van der Waals surface area contributed by atoms with Crippen LogP contribution >= 0.6 is 0 Å². The van der Waals surface area contributed by atoms with Crippen LogP contribution in [0.5, 0.6) is 0 Å². The highest BCUT2D eigenvalue weighted by molar-refractivity contribution is 5.93. The molecule has 4 heterocycles. The Bertz CT molecular complexity index is 1650. The van der Waals surface area contributed by atoms with Crippen LogP contribution in [-0.2, 0) is 34.6 Å². The molecule has 0 saturated carbocycles. The summed E-state index contributed by atoms with van der Waals surface area (Å²) >= 11 is 0. The first kappa shape index (κ1) is 17.3. The number of aryl methyl sites for hydroxylation is 2. The Morgan fingerprint density at radius 1 is 0.724 bits per heavy atom. The molecule has 1 aliphatic carbocycles. The van der Waals surface area contributed by atoms with Crippen molar-refractivity contribution in [2.24, 2.45) is 28.2 Å². The highest BCUT2D eigenvalue weighted by atomic mass is 16.4. The third-order valence-electron chi connectivity index (χ3n) is 5.56. The Morgan fingerprint density at radius 2 is 1.28 bits per heavy atom. The van der Waals surface area contributed by atoms with Crippen molar-refractivity contribution < 1.29 is 8.83 Å². The fraction of sp³-hybridized carbons (Fsp3) is 0.263. The molecule has 0 fully saturated rings. The van der Waals surface area contributed by atoms with Gasteiger partial charge in [0.15, 0.2) is 0 Å². The second kappa shape index (κ2) is 5.37. The Labute approximate surface area is 161 Å². The topological polar surface area (TPSA) is 114 Å². The van der Waals surface area contributed by atoms with Crippen molar-refractivity contribution in [2.45, 2.75) is 6.42 Å². The van der Waals surface area contributed by atoms with Crippen LogP contribution in [0.25, 0.3) is 34.4 Å². The van der Waals surface area contributed by atoms with E-state index in [1.165, 1.54) is 37.3 Å². The third-order valence-corrected chi connectivity index (χ3v) is 5.56. The maximum Gasteiger partial charge on any atom is 0.333 e. The number of hydrogen-bond acceptors (Lipinski definition) is 6. The molecule has 148 valence electrons. The fourth-order valence-electron chi connectivity index (χ4n) is 3.92. The lowest BCUT2D eigenvalue weighted by Crippen LogP contribution is -2.36. The van der Waals surface area contributed by atoms with E-state index in [1.807, 2.05) is 0 Å². The zero-order valence-electron chi connectivity index (χ0n) is 16.1. The lowest BCUT2D eigenvalue weighted by atomic mass is 10.1. The van der Waals surface area contributed by atoms with Gasteiger partial charge >= 0.3 is 11.4 Å². The summed E-state index contributed by atoms with van der Waals surface area (Å²) in [6, 6.07) is 0. The number of furan rings is 2. The molecule has 0 unspecified atom stereocenters. The molecule has 0 amide bonds. The summed E-state index contributed by atoms with van der Waals surface area (Å²) in [6.07, 6.45) is 3.48. The fourth-order valence-corrected chi connectivity index (χ4v) is 3.92. The van der Waals surface area contributed by atoms with Crippen LogP contribution in [0.3, 0.4) is 0 Å². The molecule has 0 radical (unpaired) electrons. The van der Waals surface area contributed by atoms with Crippen LogP contribution in [0, 0.1) is 0 Å². The normalized spacial score (nSPS) is 13.1. The maximum absolute atomic E-state index is 12.8. The Morgan fingerprint density at radius 3 is 1.90 bits per heavy atom. The van der Waals surface area contributed by atoms with Crippen LogP contribution in [-0.4, -0.2) is 18.3 Å². The number of nitrogens with zero attached hydrogens (tertiary/aromatic N) is 4. The first-order valence-corrected chi connectivity index (χ1v) is 8.83. The molecule has 5 rings (SSSR count). The van der Waals surface area contributed by atoms with Crippen molar-refractivity contribution in [2.75, 3.05) is 0 Å². The quantitative estimate of drug-likeness (QED) is 0.365. The predicted molar refractivity (Wildman–Crippen MR) is 105 cm³/mol. The Kier molecular flexibility index (Phi) is 3.20. The van der Waals surface area contributed by atoms with E-state index in [1.54, 1.807) is 12.2 Å². The van der Waals surface area contributed by atoms with E-state index in [9.17, 15) is 19.2 Å². The molecule has 0 atom stereocenters. The van der Waals surface area contributed by atoms with Gasteiger partial charge in [0.25, 0.3) is 11.1 Å². The summed E-state index contributed by atoms with van der Waals surface area (Å²) in [5, 5.41) is 0.569. The van der Waals surface area contributed by atoms with E-state index < -0.39 is 22.5 Å². The molecule has 10 nitrogen and oxygen atoms in total. The van der Waals surface area contributed by atoms with E-state index in [-0.39, 0.29) is 28.6 Å². The second-order valence-corrected chi connectivity index (χ2v) is 7.17. The van der Waals surface area contributed by atoms with Gasteiger partial charge in [0.05, 0.1) is 0 Å². The van der Waals surface area contributed by atoms with Crippen molar-refractivity contribution in [1.29, 1.82) is 0 Å². The molecule has 4 aromatic rings. The molecule has 1 aliphatic rings. The van der Waals surface area contributed by atoms with Crippen molar-refractivity contribution in [3.05, 3.63) is 64.3 Å². The van der Waals surface area contributed by atoms with Gasteiger partial charge in [-0.2, -0.15) is 0 Å². The van der Waals surface area contributed by atoms with Crippen LogP contribution in [0.4, 0.5) is 0 Å². The molecule has 0 saturated heterocycles. The van der Waals surface area contributed by atoms with Gasteiger partial charge in [-0.3, -0.25) is 27.9 Å². The van der Waals surface area contributed by atoms with Gasteiger partial charge in [-0.15, -0.1) is 0 Å². The van der Waals surface area contributed by atoms with Crippen LogP contribution in [0.1, 0.15) is 22.6 Å². The zero-order chi connectivity index (χ0) is 20.8. The molecule has 29 heavy (non-hydrogen) atoms. The molecular weight excluding hydrogens is 380 g/mol. The van der Waals surface area contributed by atoms with Crippen LogP contribution < -0.4 is 22.5 Å². The molecule has 0 aliphatic heterocycles. The van der Waals surface area contributed by atoms with E-state index in [2.05, 4.69) is 0 Å². The highest BCUT2D eigenvalue weighted by Gasteiger charge is 2.27. The van der Waals surface area contributed by atoms with Gasteiger partial charge < -0.3 is 8.83 Å². The van der Waals surface area contributed by atoms with E-state index in [0.29, 0.717) is 22.6 Å². The van der Waals surface area contributed by atoms with E-state index in [4.69, 9.17) is 8.83 Å². The first-order chi connectivity index (χ1) is 13.7.